The third-order valence-electron chi connectivity index (χ3n) is 3.45. The predicted octanol–water partition coefficient (Wildman–Crippen LogP) is 3.56. The Morgan fingerprint density at radius 1 is 1.07 bits per heavy atom. The van der Waals surface area contributed by atoms with Gasteiger partial charge < -0.3 is 19.5 Å². The number of Topliss-reactive ketones (excluding diaryl/α,β-unsaturated/α-hetero) is 1. The van der Waals surface area contributed by atoms with E-state index in [2.05, 4.69) is 5.32 Å². The summed E-state index contributed by atoms with van der Waals surface area (Å²) in [5, 5.41) is 2.58. The third kappa shape index (κ3) is 6.26. The molecule has 0 aliphatic heterocycles. The smallest absolute Gasteiger partial charge is 0.306 e. The number of amides is 1. The number of ketones is 1. The summed E-state index contributed by atoms with van der Waals surface area (Å²) in [5.74, 6) is -0.371. The van der Waals surface area contributed by atoms with Gasteiger partial charge in [-0.1, -0.05) is 11.6 Å². The van der Waals surface area contributed by atoms with Crippen LogP contribution in [0, 0.1) is 0 Å². The fourth-order valence-corrected chi connectivity index (χ4v) is 3.12. The zero-order valence-corrected chi connectivity index (χ0v) is 16.3. The van der Waals surface area contributed by atoms with E-state index in [4.69, 9.17) is 25.8 Å². The molecule has 1 aromatic heterocycles. The number of esters is 1. The molecule has 144 valence electrons. The molecule has 1 aromatic carbocycles. The maximum absolute atomic E-state index is 11.9. The molecule has 0 bridgehead atoms. The van der Waals surface area contributed by atoms with Gasteiger partial charge in [0.05, 0.1) is 35.5 Å². The van der Waals surface area contributed by atoms with Gasteiger partial charge in [-0.15, -0.1) is 11.3 Å². The van der Waals surface area contributed by atoms with Gasteiger partial charge in [-0.05, 0) is 24.3 Å². The lowest BCUT2D eigenvalue weighted by Crippen LogP contribution is -2.21. The van der Waals surface area contributed by atoms with Crippen molar-refractivity contribution in [3.8, 4) is 11.5 Å². The van der Waals surface area contributed by atoms with E-state index in [0.29, 0.717) is 26.4 Å². The Balaban J connectivity index is 1.78. The Morgan fingerprint density at radius 2 is 1.85 bits per heavy atom. The van der Waals surface area contributed by atoms with E-state index in [1.165, 1.54) is 14.2 Å². The van der Waals surface area contributed by atoms with Crippen LogP contribution in [0.15, 0.2) is 30.3 Å². The number of carbonyl (C=O) groups excluding carboxylic acids is 3. The molecule has 0 saturated carbocycles. The van der Waals surface area contributed by atoms with Gasteiger partial charge in [0.1, 0.15) is 11.5 Å². The van der Waals surface area contributed by atoms with Crippen LogP contribution in [0.3, 0.4) is 0 Å². The quantitative estimate of drug-likeness (QED) is 0.501. The third-order valence-corrected chi connectivity index (χ3v) is 4.72. The van der Waals surface area contributed by atoms with Gasteiger partial charge in [-0.3, -0.25) is 14.4 Å². The van der Waals surface area contributed by atoms with E-state index >= 15 is 0 Å². The number of ether oxygens (including phenoxy) is 3. The maximum Gasteiger partial charge on any atom is 0.306 e. The zero-order valence-electron chi connectivity index (χ0n) is 14.7. The molecule has 1 amide bonds. The number of methoxy groups -OCH3 is 2. The highest BCUT2D eigenvalue weighted by Crippen LogP contribution is 2.29. The molecule has 0 spiro atoms. The fraction of sp³-hybridized carbons (Fsp3) is 0.278. The minimum absolute atomic E-state index is 0.0103. The summed E-state index contributed by atoms with van der Waals surface area (Å²) in [5.41, 5.74) is 0.420. The second-order valence-corrected chi connectivity index (χ2v) is 7.02. The number of carbonyl (C=O) groups is 3. The average molecular weight is 412 g/mol. The number of halogens is 1. The molecule has 0 aliphatic carbocycles. The molecule has 0 saturated heterocycles. The number of anilines is 1. The van der Waals surface area contributed by atoms with E-state index in [0.717, 1.165) is 11.3 Å². The zero-order chi connectivity index (χ0) is 19.8. The predicted molar refractivity (Wildman–Crippen MR) is 102 cm³/mol. The highest BCUT2D eigenvalue weighted by Gasteiger charge is 2.14. The molecule has 27 heavy (non-hydrogen) atoms. The molecule has 2 aromatic rings. The largest absolute Gasteiger partial charge is 0.497 e. The normalized spacial score (nSPS) is 10.2. The van der Waals surface area contributed by atoms with Gasteiger partial charge in [0, 0.05) is 12.5 Å². The fourth-order valence-electron chi connectivity index (χ4n) is 2.11. The van der Waals surface area contributed by atoms with Crippen molar-refractivity contribution in [2.45, 2.75) is 12.8 Å². The number of hydrogen-bond donors (Lipinski definition) is 1. The van der Waals surface area contributed by atoms with Crippen LogP contribution in [0.1, 0.15) is 22.5 Å². The van der Waals surface area contributed by atoms with Crippen molar-refractivity contribution in [3.63, 3.8) is 0 Å². The van der Waals surface area contributed by atoms with Crippen LogP contribution in [0.4, 0.5) is 5.69 Å². The first kappa shape index (κ1) is 20.7. The van der Waals surface area contributed by atoms with Gasteiger partial charge >= 0.3 is 5.97 Å². The lowest BCUT2D eigenvalue weighted by atomic mass is 10.2. The lowest BCUT2D eigenvalue weighted by Gasteiger charge is -2.11. The molecule has 0 atom stereocenters. The van der Waals surface area contributed by atoms with Crippen LogP contribution in [0.25, 0.3) is 0 Å². The first-order valence-corrected chi connectivity index (χ1v) is 9.08. The average Bonchev–Trinajstić information content (AvgIpc) is 3.11. The van der Waals surface area contributed by atoms with Gasteiger partial charge in [0.25, 0.3) is 5.91 Å². The van der Waals surface area contributed by atoms with Crippen LogP contribution in [0.2, 0.25) is 4.34 Å². The van der Waals surface area contributed by atoms with Crippen molar-refractivity contribution in [1.29, 1.82) is 0 Å². The summed E-state index contributed by atoms with van der Waals surface area (Å²) in [6.07, 6.45) is -0.128. The summed E-state index contributed by atoms with van der Waals surface area (Å²) in [7, 11) is 2.98. The second-order valence-electron chi connectivity index (χ2n) is 5.30. The van der Waals surface area contributed by atoms with Crippen molar-refractivity contribution in [2.24, 2.45) is 0 Å². The monoisotopic (exact) mass is 411 g/mol. The van der Waals surface area contributed by atoms with Gasteiger partial charge in [0.2, 0.25) is 0 Å². The number of thiophene rings is 1. The Hall–Kier alpha value is -2.58. The maximum atomic E-state index is 11.9. The summed E-state index contributed by atoms with van der Waals surface area (Å²) >= 11 is 6.92. The van der Waals surface area contributed by atoms with E-state index in [1.54, 1.807) is 30.3 Å². The van der Waals surface area contributed by atoms with Crippen molar-refractivity contribution in [1.82, 2.24) is 0 Å². The molecule has 0 radical (unpaired) electrons. The van der Waals surface area contributed by atoms with Crippen LogP contribution in [-0.2, 0) is 14.3 Å². The molecule has 0 aliphatic rings. The molecule has 9 heteroatoms. The summed E-state index contributed by atoms with van der Waals surface area (Å²) in [6.45, 7) is -0.465. The number of benzene rings is 1. The van der Waals surface area contributed by atoms with Crippen molar-refractivity contribution in [3.05, 3.63) is 39.5 Å². The number of nitrogens with one attached hydrogen (secondary N) is 1. The first-order valence-electron chi connectivity index (χ1n) is 7.89. The lowest BCUT2D eigenvalue weighted by molar-refractivity contribution is -0.147. The van der Waals surface area contributed by atoms with E-state index in [1.807, 2.05) is 0 Å². The first-order chi connectivity index (χ1) is 12.9. The van der Waals surface area contributed by atoms with Crippen LogP contribution in [0.5, 0.6) is 11.5 Å². The van der Waals surface area contributed by atoms with E-state index in [9.17, 15) is 14.4 Å². The Morgan fingerprint density at radius 3 is 2.48 bits per heavy atom. The summed E-state index contributed by atoms with van der Waals surface area (Å²) in [4.78, 5) is 36.1. The minimum Gasteiger partial charge on any atom is -0.497 e. The van der Waals surface area contributed by atoms with Gasteiger partial charge in [-0.2, -0.15) is 0 Å². The summed E-state index contributed by atoms with van der Waals surface area (Å²) < 4.78 is 15.7. The van der Waals surface area contributed by atoms with Gasteiger partial charge in [0.15, 0.2) is 12.4 Å². The highest BCUT2D eigenvalue weighted by molar-refractivity contribution is 7.18. The Bertz CT molecular complexity index is 835. The molecule has 1 heterocycles. The second kappa shape index (κ2) is 9.94. The Kier molecular flexibility index (Phi) is 7.63. The molecule has 2 rings (SSSR count). The highest BCUT2D eigenvalue weighted by atomic mass is 35.5. The molecule has 7 nitrogen and oxygen atoms in total. The molecular weight excluding hydrogens is 394 g/mol. The van der Waals surface area contributed by atoms with Crippen LogP contribution in [-0.4, -0.2) is 38.5 Å². The number of rotatable bonds is 9. The standard InChI is InChI=1S/C18H18ClNO6S/c1-24-11-3-4-12(14(9-11)25-2)20-17(22)10-26-18(23)8-5-13(21)15-6-7-16(19)27-15/h3-4,6-7,9H,5,8,10H2,1-2H3,(H,20,22). The Labute approximate surface area is 165 Å². The van der Waals surface area contributed by atoms with Crippen molar-refractivity contribution < 1.29 is 28.6 Å². The van der Waals surface area contributed by atoms with Gasteiger partial charge in [-0.25, -0.2) is 0 Å². The van der Waals surface area contributed by atoms with Crippen molar-refractivity contribution >= 4 is 46.3 Å². The molecule has 1 N–H and O–H groups in total. The van der Waals surface area contributed by atoms with Crippen LogP contribution >= 0.6 is 22.9 Å². The number of hydrogen-bond acceptors (Lipinski definition) is 7. The molecule has 0 fully saturated rings. The van der Waals surface area contributed by atoms with E-state index < -0.39 is 18.5 Å². The molecule has 0 unspecified atom stereocenters. The molecular formula is C18H18ClNO6S. The summed E-state index contributed by atoms with van der Waals surface area (Å²) in [6, 6.07) is 8.12. The minimum atomic E-state index is -0.636. The SMILES string of the molecule is COc1ccc(NC(=O)COC(=O)CCC(=O)c2ccc(Cl)s2)c(OC)c1. The van der Waals surface area contributed by atoms with Crippen LogP contribution < -0.4 is 14.8 Å². The van der Waals surface area contributed by atoms with Crippen molar-refractivity contribution in [2.75, 3.05) is 26.1 Å². The topological polar surface area (TPSA) is 90.9 Å². The van der Waals surface area contributed by atoms with E-state index in [-0.39, 0.29) is 18.6 Å².